The number of carbonyl (C=O) groups is 1. The normalized spacial score (nSPS) is 11.2. The first-order chi connectivity index (χ1) is 16.6. The summed E-state index contributed by atoms with van der Waals surface area (Å²) in [4.78, 5) is 15.7. The van der Waals surface area contributed by atoms with Gasteiger partial charge in [0.05, 0.1) is 0 Å². The van der Waals surface area contributed by atoms with E-state index in [1.165, 1.54) is 5.56 Å². The molecule has 4 rings (SSSR count). The van der Waals surface area contributed by atoms with Crippen LogP contribution in [-0.2, 0) is 11.2 Å². The molecule has 5 nitrogen and oxygen atoms in total. The van der Waals surface area contributed by atoms with Gasteiger partial charge in [0.1, 0.15) is 5.60 Å². The Hall–Kier alpha value is -3.18. The number of aryl methyl sites for hydroxylation is 2. The molecule has 0 saturated heterocycles. The molecule has 0 saturated carbocycles. The van der Waals surface area contributed by atoms with Crippen LogP contribution in [0.1, 0.15) is 51.3 Å². The number of benzene rings is 3. The minimum absolute atomic E-state index is 0.410. The van der Waals surface area contributed by atoms with Gasteiger partial charge < -0.3 is 20.4 Å². The number of aromatic nitrogens is 1. The largest absolute Gasteiger partial charge is 0.444 e. The highest BCUT2D eigenvalue weighted by Crippen LogP contribution is 2.34. The maximum absolute atomic E-state index is 12.1. The summed E-state index contributed by atoms with van der Waals surface area (Å²) < 4.78 is 5.36. The lowest BCUT2D eigenvalue weighted by Crippen LogP contribution is -2.33. The average molecular weight is 494 g/mol. The van der Waals surface area contributed by atoms with E-state index in [-0.39, 0.29) is 0 Å². The molecule has 1 heterocycles. The molecule has 0 bridgehead atoms. The number of H-pyrrole nitrogens is 1. The number of nitrogens with one attached hydrogen (secondary N) is 3. The number of fused-ring (bicyclic) bond motifs is 3. The van der Waals surface area contributed by atoms with Gasteiger partial charge in [-0.05, 0) is 88.6 Å². The molecule has 0 spiro atoms. The number of carbonyl (C=O) groups excluding carboxylic acids is 1. The van der Waals surface area contributed by atoms with E-state index in [0.29, 0.717) is 13.0 Å². The van der Waals surface area contributed by atoms with Crippen molar-refractivity contribution in [2.24, 2.45) is 0 Å². The highest BCUT2D eigenvalue weighted by Gasteiger charge is 2.16. The summed E-state index contributed by atoms with van der Waals surface area (Å²) in [5, 5.41) is 9.29. The molecule has 0 radical (unpaired) electrons. The van der Waals surface area contributed by atoms with Crippen molar-refractivity contribution >= 4 is 50.9 Å². The van der Waals surface area contributed by atoms with Crippen LogP contribution in [0.2, 0.25) is 5.02 Å². The molecule has 6 heteroatoms. The predicted molar refractivity (Wildman–Crippen MR) is 149 cm³/mol. The zero-order valence-electron chi connectivity index (χ0n) is 21.7. The molecular formula is C29H36ClN3O2. The van der Waals surface area contributed by atoms with Crippen LogP contribution >= 0.6 is 11.6 Å². The smallest absolute Gasteiger partial charge is 0.407 e. The van der Waals surface area contributed by atoms with Gasteiger partial charge in [-0.2, -0.15) is 0 Å². The summed E-state index contributed by atoms with van der Waals surface area (Å²) in [6.45, 7) is 14.1. The second-order valence-electron chi connectivity index (χ2n) is 9.50. The Morgan fingerprint density at radius 3 is 2.31 bits per heavy atom. The van der Waals surface area contributed by atoms with Gasteiger partial charge in [-0.1, -0.05) is 43.1 Å². The first kappa shape index (κ1) is 26.4. The van der Waals surface area contributed by atoms with Gasteiger partial charge in [-0.25, -0.2) is 4.79 Å². The Kier molecular flexibility index (Phi) is 8.34. The Labute approximate surface area is 213 Å². The second kappa shape index (κ2) is 11.0. The van der Waals surface area contributed by atoms with Crippen LogP contribution in [0.15, 0.2) is 48.5 Å². The molecule has 1 aromatic heterocycles. The van der Waals surface area contributed by atoms with Crippen molar-refractivity contribution in [2.75, 3.05) is 11.9 Å². The molecule has 3 N–H and O–H groups in total. The number of alkyl carbamates (subject to hydrolysis) is 1. The van der Waals surface area contributed by atoms with Gasteiger partial charge >= 0.3 is 6.09 Å². The van der Waals surface area contributed by atoms with Crippen LogP contribution in [0.3, 0.4) is 0 Å². The third kappa shape index (κ3) is 6.70. The highest BCUT2D eigenvalue weighted by atomic mass is 35.5. The lowest BCUT2D eigenvalue weighted by atomic mass is 10.0. The second-order valence-corrected chi connectivity index (χ2v) is 9.91. The first-order valence-corrected chi connectivity index (χ1v) is 12.5. The van der Waals surface area contributed by atoms with Gasteiger partial charge in [0.2, 0.25) is 0 Å². The Morgan fingerprint density at radius 2 is 1.66 bits per heavy atom. The average Bonchev–Trinajstić information content (AvgIpc) is 3.13. The van der Waals surface area contributed by atoms with Crippen molar-refractivity contribution < 1.29 is 9.53 Å². The SMILES string of the molecule is CC.Cc1ccc(Nc2cc(CCNC(=O)OC(C)(C)C)c3[nH]c4cc(C)c(Cl)cc4c3c2)cc1. The molecule has 0 aliphatic rings. The quantitative estimate of drug-likeness (QED) is 0.261. The van der Waals surface area contributed by atoms with Crippen molar-refractivity contribution in [3.05, 3.63) is 70.2 Å². The van der Waals surface area contributed by atoms with Gasteiger partial charge in [-0.15, -0.1) is 0 Å². The zero-order valence-corrected chi connectivity index (χ0v) is 22.5. The lowest BCUT2D eigenvalue weighted by Gasteiger charge is -2.19. The van der Waals surface area contributed by atoms with Crippen LogP contribution in [0, 0.1) is 13.8 Å². The minimum Gasteiger partial charge on any atom is -0.444 e. The fraction of sp³-hybridized carbons (Fsp3) is 0.345. The predicted octanol–water partition coefficient (Wildman–Crippen LogP) is 8.43. The number of hydrogen-bond donors (Lipinski definition) is 3. The fourth-order valence-electron chi connectivity index (χ4n) is 3.89. The summed E-state index contributed by atoms with van der Waals surface area (Å²) in [6, 6.07) is 16.7. The summed E-state index contributed by atoms with van der Waals surface area (Å²) in [5.41, 5.74) is 6.91. The van der Waals surface area contributed by atoms with E-state index in [0.717, 1.165) is 49.3 Å². The van der Waals surface area contributed by atoms with Gasteiger partial charge in [0.25, 0.3) is 0 Å². The maximum Gasteiger partial charge on any atom is 0.407 e. The van der Waals surface area contributed by atoms with Crippen LogP contribution < -0.4 is 10.6 Å². The summed E-state index contributed by atoms with van der Waals surface area (Å²) in [6.07, 6.45) is 0.241. The van der Waals surface area contributed by atoms with E-state index in [1.807, 2.05) is 47.6 Å². The fourth-order valence-corrected chi connectivity index (χ4v) is 4.05. The van der Waals surface area contributed by atoms with Crippen LogP contribution in [0.5, 0.6) is 0 Å². The summed E-state index contributed by atoms with van der Waals surface area (Å²) in [7, 11) is 0. The third-order valence-corrected chi connectivity index (χ3v) is 5.88. The van der Waals surface area contributed by atoms with E-state index in [4.69, 9.17) is 16.3 Å². The van der Waals surface area contributed by atoms with Gasteiger partial charge in [-0.3, -0.25) is 0 Å². The Bertz CT molecular complexity index is 1320. The number of rotatable bonds is 5. The summed E-state index contributed by atoms with van der Waals surface area (Å²) in [5.74, 6) is 0. The molecular weight excluding hydrogens is 458 g/mol. The molecule has 0 aliphatic carbocycles. The zero-order chi connectivity index (χ0) is 25.8. The van der Waals surface area contributed by atoms with Crippen molar-refractivity contribution in [1.29, 1.82) is 0 Å². The number of halogens is 1. The number of ether oxygens (including phenoxy) is 1. The molecule has 0 fully saturated rings. The Balaban J connectivity index is 0.00000167. The van der Waals surface area contributed by atoms with Gasteiger partial charge in [0.15, 0.2) is 0 Å². The molecule has 35 heavy (non-hydrogen) atoms. The molecule has 0 atom stereocenters. The van der Waals surface area contributed by atoms with E-state index < -0.39 is 11.7 Å². The van der Waals surface area contributed by atoms with Crippen molar-refractivity contribution in [3.63, 3.8) is 0 Å². The molecule has 0 aliphatic heterocycles. The number of anilines is 2. The van der Waals surface area contributed by atoms with Gasteiger partial charge in [0, 0.05) is 44.7 Å². The van der Waals surface area contributed by atoms with Crippen LogP contribution in [0.25, 0.3) is 21.8 Å². The van der Waals surface area contributed by atoms with Crippen molar-refractivity contribution in [1.82, 2.24) is 10.3 Å². The topological polar surface area (TPSA) is 66.2 Å². The molecule has 4 aromatic rings. The standard InChI is InChI=1S/C27H30ClN3O2.C2H6/c1-16-6-8-19(9-7-16)30-20-13-18(10-11-29-26(32)33-27(3,4)5)25-22(14-20)21-15-23(28)17(2)12-24(21)31-25;1-2/h6-9,12-15,30-31H,10-11H2,1-5H3,(H,29,32);1-2H3. The first-order valence-electron chi connectivity index (χ1n) is 12.1. The molecule has 0 unspecified atom stereocenters. The van der Waals surface area contributed by atoms with Crippen LogP contribution in [0.4, 0.5) is 16.2 Å². The summed E-state index contributed by atoms with van der Waals surface area (Å²) >= 11 is 6.45. The number of hydrogen-bond acceptors (Lipinski definition) is 3. The van der Waals surface area contributed by atoms with E-state index in [2.05, 4.69) is 65.0 Å². The highest BCUT2D eigenvalue weighted by molar-refractivity contribution is 6.32. The van der Waals surface area contributed by atoms with E-state index in [1.54, 1.807) is 0 Å². The van der Waals surface area contributed by atoms with Crippen LogP contribution in [-0.4, -0.2) is 23.2 Å². The molecule has 1 amide bonds. The maximum atomic E-state index is 12.1. The third-order valence-electron chi connectivity index (χ3n) is 5.47. The monoisotopic (exact) mass is 493 g/mol. The Morgan fingerprint density at radius 1 is 0.971 bits per heavy atom. The molecule has 3 aromatic carbocycles. The minimum atomic E-state index is -0.524. The van der Waals surface area contributed by atoms with E-state index >= 15 is 0 Å². The van der Waals surface area contributed by atoms with Crippen molar-refractivity contribution in [3.8, 4) is 0 Å². The number of amides is 1. The lowest BCUT2D eigenvalue weighted by molar-refractivity contribution is 0.0528. The van der Waals surface area contributed by atoms with E-state index in [9.17, 15) is 4.79 Å². The molecule has 186 valence electrons. The number of aromatic amines is 1. The van der Waals surface area contributed by atoms with Crippen molar-refractivity contribution in [2.45, 2.75) is 60.5 Å².